The van der Waals surface area contributed by atoms with Crippen LogP contribution in [-0.2, 0) is 5.41 Å². The van der Waals surface area contributed by atoms with Gasteiger partial charge in [-0.25, -0.2) is 8.78 Å². The van der Waals surface area contributed by atoms with Crippen molar-refractivity contribution < 1.29 is 8.78 Å². The zero-order chi connectivity index (χ0) is 11.1. The van der Waals surface area contributed by atoms with Gasteiger partial charge >= 0.3 is 0 Å². The summed E-state index contributed by atoms with van der Waals surface area (Å²) in [6.45, 7) is 0.452. The zero-order valence-electron chi connectivity index (χ0n) is 8.19. The number of rotatable bonds is 2. The van der Waals surface area contributed by atoms with Crippen molar-refractivity contribution in [2.75, 3.05) is 6.54 Å². The molecule has 82 valence electrons. The van der Waals surface area contributed by atoms with E-state index in [1.165, 1.54) is 12.1 Å². The Labute approximate surface area is 95.8 Å². The predicted octanol–water partition coefficient (Wildman–Crippen LogP) is 3.11. The molecule has 1 aromatic carbocycles. The molecule has 1 aromatic rings. The first kappa shape index (κ1) is 11.0. The Kier molecular flexibility index (Phi) is 2.81. The number of hydrogen-bond acceptors (Lipinski definition) is 1. The average molecular weight is 276 g/mol. The van der Waals surface area contributed by atoms with Crippen LogP contribution in [0.2, 0.25) is 0 Å². The van der Waals surface area contributed by atoms with Crippen LogP contribution in [0.5, 0.6) is 0 Å². The van der Waals surface area contributed by atoms with Crippen LogP contribution in [-0.4, -0.2) is 6.54 Å². The fraction of sp³-hybridized carbons (Fsp3) is 0.455. The summed E-state index contributed by atoms with van der Waals surface area (Å²) in [5.41, 5.74) is 6.18. The summed E-state index contributed by atoms with van der Waals surface area (Å²) in [5.74, 6) is -1.10. The molecule has 15 heavy (non-hydrogen) atoms. The highest BCUT2D eigenvalue weighted by Gasteiger charge is 2.38. The highest BCUT2D eigenvalue weighted by molar-refractivity contribution is 9.10. The molecule has 0 amide bonds. The van der Waals surface area contributed by atoms with Gasteiger partial charge in [-0.2, -0.15) is 0 Å². The first-order chi connectivity index (χ1) is 7.09. The number of benzene rings is 1. The second-order valence-electron chi connectivity index (χ2n) is 4.09. The molecule has 0 atom stereocenters. The van der Waals surface area contributed by atoms with Gasteiger partial charge in [0.25, 0.3) is 0 Å². The highest BCUT2D eigenvalue weighted by Crippen LogP contribution is 2.43. The molecule has 0 aliphatic heterocycles. The molecule has 1 aliphatic carbocycles. The fourth-order valence-corrected chi connectivity index (χ4v) is 2.30. The first-order valence-electron chi connectivity index (χ1n) is 4.94. The molecule has 2 rings (SSSR count). The van der Waals surface area contributed by atoms with Gasteiger partial charge in [0.05, 0.1) is 4.47 Å². The van der Waals surface area contributed by atoms with Gasteiger partial charge in [0, 0.05) is 12.0 Å². The molecule has 0 unspecified atom stereocenters. The average Bonchev–Trinajstić information content (AvgIpc) is 2.13. The third kappa shape index (κ3) is 1.70. The molecule has 0 heterocycles. The van der Waals surface area contributed by atoms with Gasteiger partial charge in [-0.3, -0.25) is 0 Å². The highest BCUT2D eigenvalue weighted by atomic mass is 79.9. The summed E-state index contributed by atoms with van der Waals surface area (Å²) in [6.07, 6.45) is 2.92. The topological polar surface area (TPSA) is 26.0 Å². The lowest BCUT2D eigenvalue weighted by atomic mass is 9.64. The predicted molar refractivity (Wildman–Crippen MR) is 58.6 cm³/mol. The van der Waals surface area contributed by atoms with E-state index in [9.17, 15) is 8.78 Å². The van der Waals surface area contributed by atoms with E-state index in [0.29, 0.717) is 12.1 Å². The van der Waals surface area contributed by atoms with Crippen molar-refractivity contribution in [2.45, 2.75) is 24.7 Å². The summed E-state index contributed by atoms with van der Waals surface area (Å²) in [5, 5.41) is 0. The van der Waals surface area contributed by atoms with Gasteiger partial charge < -0.3 is 5.73 Å². The molecule has 0 aromatic heterocycles. The number of hydrogen-bond donors (Lipinski definition) is 1. The Hall–Kier alpha value is -0.480. The maximum Gasteiger partial charge on any atom is 0.140 e. The number of nitrogens with two attached hydrogens (primary N) is 1. The lowest BCUT2D eigenvalue weighted by Crippen LogP contribution is -2.41. The molecule has 0 spiro atoms. The first-order valence-corrected chi connectivity index (χ1v) is 5.73. The van der Waals surface area contributed by atoms with E-state index < -0.39 is 11.6 Å². The van der Waals surface area contributed by atoms with Crippen LogP contribution in [0.25, 0.3) is 0 Å². The Morgan fingerprint density at radius 3 is 2.13 bits per heavy atom. The molecular formula is C11H12BrF2N. The fourth-order valence-electron chi connectivity index (χ4n) is 2.08. The van der Waals surface area contributed by atoms with Gasteiger partial charge in [0.2, 0.25) is 0 Å². The van der Waals surface area contributed by atoms with E-state index in [0.717, 1.165) is 19.3 Å². The van der Waals surface area contributed by atoms with Crippen LogP contribution in [0.15, 0.2) is 16.6 Å². The van der Waals surface area contributed by atoms with Gasteiger partial charge in [-0.05, 0) is 46.5 Å². The van der Waals surface area contributed by atoms with Crippen molar-refractivity contribution in [1.29, 1.82) is 0 Å². The van der Waals surface area contributed by atoms with Gasteiger partial charge in [-0.15, -0.1) is 0 Å². The van der Waals surface area contributed by atoms with E-state index in [1.54, 1.807) is 0 Å². The minimum absolute atomic E-state index is 0.0993. The Morgan fingerprint density at radius 1 is 1.27 bits per heavy atom. The molecule has 1 aliphatic rings. The molecular weight excluding hydrogens is 264 g/mol. The minimum atomic E-state index is -0.551. The van der Waals surface area contributed by atoms with Crippen LogP contribution in [0.1, 0.15) is 24.8 Å². The van der Waals surface area contributed by atoms with E-state index in [4.69, 9.17) is 5.73 Å². The minimum Gasteiger partial charge on any atom is -0.330 e. The molecule has 4 heteroatoms. The van der Waals surface area contributed by atoms with Crippen molar-refractivity contribution >= 4 is 15.9 Å². The van der Waals surface area contributed by atoms with E-state index in [2.05, 4.69) is 15.9 Å². The monoisotopic (exact) mass is 275 g/mol. The Balaban J connectivity index is 2.45. The Bertz CT molecular complexity index is 360. The standard InChI is InChI=1S/C11H12BrF2N/c12-10-8(13)4-7(5-9(10)14)11(6-15)2-1-3-11/h4-5H,1-3,6,15H2. The van der Waals surface area contributed by atoms with E-state index in [1.807, 2.05) is 0 Å². The van der Waals surface area contributed by atoms with Gasteiger partial charge in [0.15, 0.2) is 0 Å². The number of halogens is 3. The van der Waals surface area contributed by atoms with Gasteiger partial charge in [-0.1, -0.05) is 6.42 Å². The van der Waals surface area contributed by atoms with Crippen molar-refractivity contribution in [3.05, 3.63) is 33.8 Å². The van der Waals surface area contributed by atoms with Crippen molar-refractivity contribution in [3.63, 3.8) is 0 Å². The zero-order valence-corrected chi connectivity index (χ0v) is 9.78. The Morgan fingerprint density at radius 2 is 1.80 bits per heavy atom. The van der Waals surface area contributed by atoms with Crippen LogP contribution < -0.4 is 5.73 Å². The molecule has 1 fully saturated rings. The van der Waals surface area contributed by atoms with Crippen LogP contribution in [0.4, 0.5) is 8.78 Å². The molecule has 1 nitrogen and oxygen atoms in total. The lowest BCUT2D eigenvalue weighted by Gasteiger charge is -2.41. The van der Waals surface area contributed by atoms with Crippen LogP contribution >= 0.6 is 15.9 Å². The second-order valence-corrected chi connectivity index (χ2v) is 4.88. The maximum atomic E-state index is 13.3. The van der Waals surface area contributed by atoms with Crippen molar-refractivity contribution in [3.8, 4) is 0 Å². The third-order valence-electron chi connectivity index (χ3n) is 3.30. The van der Waals surface area contributed by atoms with Crippen LogP contribution in [0.3, 0.4) is 0 Å². The summed E-state index contributed by atoms with van der Waals surface area (Å²) in [6, 6.07) is 2.78. The van der Waals surface area contributed by atoms with Crippen LogP contribution in [0, 0.1) is 11.6 Å². The van der Waals surface area contributed by atoms with Crippen molar-refractivity contribution in [2.24, 2.45) is 5.73 Å². The SMILES string of the molecule is NCC1(c2cc(F)c(Br)c(F)c2)CCC1. The van der Waals surface area contributed by atoms with E-state index in [-0.39, 0.29) is 9.89 Å². The summed E-state index contributed by atoms with van der Waals surface area (Å²) >= 11 is 2.86. The summed E-state index contributed by atoms with van der Waals surface area (Å²) < 4.78 is 26.6. The molecule has 2 N–H and O–H groups in total. The maximum absolute atomic E-state index is 13.3. The summed E-state index contributed by atoms with van der Waals surface area (Å²) in [4.78, 5) is 0. The summed E-state index contributed by atoms with van der Waals surface area (Å²) in [7, 11) is 0. The largest absolute Gasteiger partial charge is 0.330 e. The van der Waals surface area contributed by atoms with Gasteiger partial charge in [0.1, 0.15) is 11.6 Å². The van der Waals surface area contributed by atoms with E-state index >= 15 is 0 Å². The third-order valence-corrected chi connectivity index (χ3v) is 4.06. The quantitative estimate of drug-likeness (QED) is 0.825. The lowest BCUT2D eigenvalue weighted by molar-refractivity contribution is 0.251. The molecule has 1 saturated carbocycles. The second kappa shape index (κ2) is 3.83. The molecule has 0 bridgehead atoms. The molecule has 0 radical (unpaired) electrons. The molecule has 0 saturated heterocycles. The normalized spacial score (nSPS) is 18.7. The smallest absolute Gasteiger partial charge is 0.140 e. The van der Waals surface area contributed by atoms with Crippen molar-refractivity contribution in [1.82, 2.24) is 0 Å².